The van der Waals surface area contributed by atoms with Crippen LogP contribution in [-0.4, -0.2) is 45.5 Å². The number of hydrogen-bond acceptors (Lipinski definition) is 5. The van der Waals surface area contributed by atoms with Gasteiger partial charge in [-0.05, 0) is 43.9 Å². The lowest BCUT2D eigenvalue weighted by Gasteiger charge is -2.33. The third kappa shape index (κ3) is 3.46. The maximum Gasteiger partial charge on any atom is 0.324 e. The molecule has 1 atom stereocenters. The van der Waals surface area contributed by atoms with Crippen LogP contribution in [-0.2, 0) is 19.6 Å². The Hall–Kier alpha value is -1.31. The third-order valence-electron chi connectivity index (χ3n) is 3.96. The first-order chi connectivity index (χ1) is 10.8. The van der Waals surface area contributed by atoms with Crippen molar-refractivity contribution in [3.8, 4) is 5.75 Å². The Balaban J connectivity index is 2.52. The second kappa shape index (κ2) is 7.07. The van der Waals surface area contributed by atoms with Crippen molar-refractivity contribution in [2.75, 3.05) is 20.8 Å². The molecule has 1 fully saturated rings. The number of esters is 1. The van der Waals surface area contributed by atoms with E-state index in [1.54, 1.807) is 13.0 Å². The third-order valence-corrected chi connectivity index (χ3v) is 6.30. The number of benzene rings is 1. The zero-order valence-corrected chi connectivity index (χ0v) is 14.9. The number of hydrogen-bond donors (Lipinski definition) is 0. The molecule has 0 bridgehead atoms. The molecular formula is C15H20ClNO5S. The van der Waals surface area contributed by atoms with Crippen LogP contribution in [0.2, 0.25) is 5.02 Å². The molecule has 0 saturated carbocycles. The average molecular weight is 362 g/mol. The van der Waals surface area contributed by atoms with Gasteiger partial charge in [0.05, 0.1) is 14.2 Å². The van der Waals surface area contributed by atoms with Gasteiger partial charge in [0.15, 0.2) is 0 Å². The summed E-state index contributed by atoms with van der Waals surface area (Å²) in [6, 6.07) is 2.13. The molecule has 1 heterocycles. The number of nitrogens with zero attached hydrogens (tertiary/aromatic N) is 1. The molecule has 128 valence electrons. The van der Waals surface area contributed by atoms with E-state index in [2.05, 4.69) is 0 Å². The van der Waals surface area contributed by atoms with Crippen LogP contribution in [0, 0.1) is 6.92 Å². The monoisotopic (exact) mass is 361 g/mol. The zero-order valence-electron chi connectivity index (χ0n) is 13.3. The van der Waals surface area contributed by atoms with Crippen molar-refractivity contribution < 1.29 is 22.7 Å². The minimum atomic E-state index is -3.93. The molecule has 8 heteroatoms. The highest BCUT2D eigenvalue weighted by molar-refractivity contribution is 7.89. The topological polar surface area (TPSA) is 72.9 Å². The largest absolute Gasteiger partial charge is 0.495 e. The minimum absolute atomic E-state index is 0.0357. The van der Waals surface area contributed by atoms with Gasteiger partial charge in [0.2, 0.25) is 10.0 Å². The predicted molar refractivity (Wildman–Crippen MR) is 86.3 cm³/mol. The number of halogens is 1. The van der Waals surface area contributed by atoms with Crippen LogP contribution in [0.15, 0.2) is 17.0 Å². The van der Waals surface area contributed by atoms with Crippen molar-refractivity contribution in [2.45, 2.75) is 37.1 Å². The molecule has 0 spiro atoms. The normalized spacial score (nSPS) is 19.4. The van der Waals surface area contributed by atoms with Gasteiger partial charge >= 0.3 is 5.97 Å². The second-order valence-corrected chi connectivity index (χ2v) is 7.67. The van der Waals surface area contributed by atoms with Gasteiger partial charge in [-0.15, -0.1) is 0 Å². The first-order valence-corrected chi connectivity index (χ1v) is 9.08. The van der Waals surface area contributed by atoms with Gasteiger partial charge in [0.1, 0.15) is 16.7 Å². The lowest BCUT2D eigenvalue weighted by atomic mass is 10.1. The van der Waals surface area contributed by atoms with Crippen molar-refractivity contribution in [1.82, 2.24) is 4.31 Å². The number of aryl methyl sites for hydroxylation is 1. The molecule has 1 aliphatic heterocycles. The quantitative estimate of drug-likeness (QED) is 0.770. The fourth-order valence-corrected chi connectivity index (χ4v) is 4.73. The molecule has 1 aromatic rings. The SMILES string of the molecule is COC(=O)[C@@H]1CCCCN1S(=O)(=O)c1cc(Cl)c(C)cc1OC. The van der Waals surface area contributed by atoms with Gasteiger partial charge in [-0.2, -0.15) is 4.31 Å². The van der Waals surface area contributed by atoms with Crippen LogP contribution in [0.25, 0.3) is 0 Å². The van der Waals surface area contributed by atoms with Crippen LogP contribution >= 0.6 is 11.6 Å². The van der Waals surface area contributed by atoms with Gasteiger partial charge in [-0.25, -0.2) is 8.42 Å². The van der Waals surface area contributed by atoms with Crippen molar-refractivity contribution in [3.63, 3.8) is 0 Å². The molecule has 23 heavy (non-hydrogen) atoms. The van der Waals surface area contributed by atoms with Crippen molar-refractivity contribution in [2.24, 2.45) is 0 Å². The Morgan fingerprint density at radius 3 is 2.61 bits per heavy atom. The predicted octanol–water partition coefficient (Wildman–Crippen LogP) is 2.37. The highest BCUT2D eigenvalue weighted by Crippen LogP contribution is 2.34. The van der Waals surface area contributed by atoms with Crippen LogP contribution in [0.1, 0.15) is 24.8 Å². The Bertz CT molecular complexity index is 704. The molecule has 0 aliphatic carbocycles. The van der Waals surface area contributed by atoms with Crippen LogP contribution in [0.3, 0.4) is 0 Å². The summed E-state index contributed by atoms with van der Waals surface area (Å²) in [6.45, 7) is 2.02. The highest BCUT2D eigenvalue weighted by Gasteiger charge is 2.39. The minimum Gasteiger partial charge on any atom is -0.495 e. The lowest BCUT2D eigenvalue weighted by Crippen LogP contribution is -2.48. The Labute approximate surface area is 141 Å². The number of carbonyl (C=O) groups is 1. The van der Waals surface area contributed by atoms with Crippen molar-refractivity contribution >= 4 is 27.6 Å². The molecular weight excluding hydrogens is 342 g/mol. The number of piperidine rings is 1. The van der Waals surface area contributed by atoms with E-state index in [-0.39, 0.29) is 17.2 Å². The van der Waals surface area contributed by atoms with E-state index in [0.717, 1.165) is 6.42 Å². The molecule has 1 aromatic carbocycles. The summed E-state index contributed by atoms with van der Waals surface area (Å²) < 4.78 is 37.2. The molecule has 0 aromatic heterocycles. The van der Waals surface area contributed by atoms with Crippen molar-refractivity contribution in [1.29, 1.82) is 0 Å². The molecule has 0 amide bonds. The van der Waals surface area contributed by atoms with Gasteiger partial charge in [-0.3, -0.25) is 4.79 Å². The van der Waals surface area contributed by atoms with Gasteiger partial charge in [0, 0.05) is 11.6 Å². The Kier molecular flexibility index (Phi) is 5.54. The van der Waals surface area contributed by atoms with E-state index in [1.165, 1.54) is 24.6 Å². The molecule has 6 nitrogen and oxygen atoms in total. The molecule has 0 N–H and O–H groups in total. The summed E-state index contributed by atoms with van der Waals surface area (Å²) >= 11 is 6.08. The molecule has 1 aliphatic rings. The van der Waals surface area contributed by atoms with E-state index in [0.29, 0.717) is 23.4 Å². The second-order valence-electron chi connectivity index (χ2n) is 5.40. The summed E-state index contributed by atoms with van der Waals surface area (Å²) in [5.74, 6) is -0.341. The van der Waals surface area contributed by atoms with Gasteiger partial charge < -0.3 is 9.47 Å². The van der Waals surface area contributed by atoms with E-state index >= 15 is 0 Å². The standard InChI is InChI=1S/C15H20ClNO5S/c1-10-8-13(21-2)14(9-11(10)16)23(19,20)17-7-5-4-6-12(17)15(18)22-3/h8-9,12H,4-7H2,1-3H3/t12-/m0/s1. The number of methoxy groups -OCH3 is 2. The molecule has 1 saturated heterocycles. The van der Waals surface area contributed by atoms with E-state index < -0.39 is 22.0 Å². The first-order valence-electron chi connectivity index (χ1n) is 7.26. The maximum absolute atomic E-state index is 13.0. The smallest absolute Gasteiger partial charge is 0.324 e. The van der Waals surface area contributed by atoms with E-state index in [9.17, 15) is 13.2 Å². The number of ether oxygens (including phenoxy) is 2. The summed E-state index contributed by atoms with van der Waals surface area (Å²) in [5, 5.41) is 0.330. The first kappa shape index (κ1) is 18.0. The molecule has 0 radical (unpaired) electrons. The molecule has 2 rings (SSSR count). The lowest BCUT2D eigenvalue weighted by molar-refractivity contribution is -0.146. The zero-order chi connectivity index (χ0) is 17.2. The fourth-order valence-electron chi connectivity index (χ4n) is 2.69. The average Bonchev–Trinajstić information content (AvgIpc) is 2.56. The van der Waals surface area contributed by atoms with E-state index in [1.807, 2.05) is 0 Å². The fraction of sp³-hybridized carbons (Fsp3) is 0.533. The summed E-state index contributed by atoms with van der Waals surface area (Å²) in [7, 11) is -1.27. The number of sulfonamides is 1. The van der Waals surface area contributed by atoms with Gasteiger partial charge in [-0.1, -0.05) is 11.6 Å². The van der Waals surface area contributed by atoms with Crippen molar-refractivity contribution in [3.05, 3.63) is 22.7 Å². The molecule has 0 unspecified atom stereocenters. The number of carbonyl (C=O) groups excluding carboxylic acids is 1. The maximum atomic E-state index is 13.0. The highest BCUT2D eigenvalue weighted by atomic mass is 35.5. The Morgan fingerprint density at radius 2 is 2.00 bits per heavy atom. The summed E-state index contributed by atoms with van der Waals surface area (Å²) in [4.78, 5) is 11.9. The number of rotatable bonds is 4. The van der Waals surface area contributed by atoms with Crippen LogP contribution < -0.4 is 4.74 Å². The Morgan fingerprint density at radius 1 is 1.30 bits per heavy atom. The van der Waals surface area contributed by atoms with E-state index in [4.69, 9.17) is 21.1 Å². The van der Waals surface area contributed by atoms with Crippen LogP contribution in [0.4, 0.5) is 0 Å². The van der Waals surface area contributed by atoms with Gasteiger partial charge in [0.25, 0.3) is 0 Å². The van der Waals surface area contributed by atoms with Crippen LogP contribution in [0.5, 0.6) is 5.75 Å². The summed E-state index contributed by atoms with van der Waals surface area (Å²) in [5.41, 5.74) is 0.714. The summed E-state index contributed by atoms with van der Waals surface area (Å²) in [6.07, 6.45) is 1.90.